The van der Waals surface area contributed by atoms with E-state index in [2.05, 4.69) is 52.7 Å². The molecule has 6 heteroatoms. The summed E-state index contributed by atoms with van der Waals surface area (Å²) in [6.07, 6.45) is 2.10. The lowest BCUT2D eigenvalue weighted by atomic mass is 9.98. The number of aliphatic hydroxyl groups excluding tert-OH is 1. The molecule has 1 aromatic heterocycles. The molecule has 5 rings (SSSR count). The number of fused-ring (bicyclic) bond motifs is 3. The van der Waals surface area contributed by atoms with E-state index in [0.717, 1.165) is 40.3 Å². The van der Waals surface area contributed by atoms with Crippen molar-refractivity contribution in [2.75, 3.05) is 31.7 Å². The molecule has 0 saturated heterocycles. The van der Waals surface area contributed by atoms with Gasteiger partial charge >= 0.3 is 0 Å². The van der Waals surface area contributed by atoms with Crippen molar-refractivity contribution in [2.24, 2.45) is 0 Å². The van der Waals surface area contributed by atoms with Gasteiger partial charge in [-0.15, -0.1) is 0 Å². The van der Waals surface area contributed by atoms with Crippen LogP contribution in [0, 0.1) is 0 Å². The fourth-order valence-electron chi connectivity index (χ4n) is 4.00. The number of likely N-dealkylation sites (N-methyl/N-ethyl adjacent to an activating group) is 1. The zero-order valence-electron chi connectivity index (χ0n) is 15.6. The van der Waals surface area contributed by atoms with E-state index in [9.17, 15) is 5.11 Å². The topological polar surface area (TPSA) is 59.8 Å². The van der Waals surface area contributed by atoms with Gasteiger partial charge in [-0.05, 0) is 36.2 Å². The molecule has 0 bridgehead atoms. The van der Waals surface area contributed by atoms with Gasteiger partial charge in [0, 0.05) is 19.5 Å². The van der Waals surface area contributed by atoms with Crippen molar-refractivity contribution in [1.82, 2.24) is 9.55 Å². The minimum Gasteiger partial charge on any atom is -0.491 e. The van der Waals surface area contributed by atoms with Crippen LogP contribution in [0.5, 0.6) is 11.5 Å². The molecule has 0 spiro atoms. The first-order valence-corrected chi connectivity index (χ1v) is 9.38. The summed E-state index contributed by atoms with van der Waals surface area (Å²) in [5.74, 6) is 1.78. The van der Waals surface area contributed by atoms with Crippen LogP contribution >= 0.6 is 0 Å². The second-order valence-electron chi connectivity index (χ2n) is 7.44. The fourth-order valence-corrected chi connectivity index (χ4v) is 4.00. The highest BCUT2D eigenvalue weighted by Gasteiger charge is 2.22. The summed E-state index contributed by atoms with van der Waals surface area (Å²) >= 11 is 0. The Balaban J connectivity index is 1.54. The van der Waals surface area contributed by atoms with Crippen LogP contribution in [0.4, 0.5) is 5.69 Å². The molecule has 0 amide bonds. The Bertz CT molecular complexity index is 1010. The second kappa shape index (κ2) is 6.16. The monoisotopic (exact) mass is 365 g/mol. The Morgan fingerprint density at radius 3 is 2.96 bits per heavy atom. The molecule has 2 atom stereocenters. The molecular weight excluding hydrogens is 342 g/mol. The molecule has 0 aliphatic carbocycles. The van der Waals surface area contributed by atoms with Crippen LogP contribution in [0.25, 0.3) is 11.0 Å². The third kappa shape index (κ3) is 2.72. The molecule has 0 saturated carbocycles. The van der Waals surface area contributed by atoms with E-state index in [0.29, 0.717) is 19.6 Å². The van der Waals surface area contributed by atoms with Gasteiger partial charge < -0.3 is 24.0 Å². The molecular formula is C21H23N3O3. The van der Waals surface area contributed by atoms with E-state index in [1.165, 1.54) is 5.56 Å². The van der Waals surface area contributed by atoms with Crippen molar-refractivity contribution >= 4 is 16.7 Å². The van der Waals surface area contributed by atoms with Crippen LogP contribution < -0.4 is 14.4 Å². The van der Waals surface area contributed by atoms with Crippen molar-refractivity contribution in [1.29, 1.82) is 0 Å². The maximum atomic E-state index is 9.89. The number of benzene rings is 2. The van der Waals surface area contributed by atoms with Gasteiger partial charge in [0.1, 0.15) is 24.7 Å². The number of aliphatic hydroxyl groups is 1. The summed E-state index contributed by atoms with van der Waals surface area (Å²) in [4.78, 5) is 6.83. The van der Waals surface area contributed by atoms with Gasteiger partial charge in [-0.3, -0.25) is 0 Å². The molecule has 3 heterocycles. The number of hydrogen-bond acceptors (Lipinski definition) is 5. The smallest absolute Gasteiger partial charge is 0.144 e. The second-order valence-corrected chi connectivity index (χ2v) is 7.44. The number of hydrogen-bond donors (Lipinski definition) is 1. The van der Waals surface area contributed by atoms with Crippen LogP contribution in [-0.4, -0.2) is 47.6 Å². The number of nitrogens with zero attached hydrogens (tertiary/aromatic N) is 3. The summed E-state index contributed by atoms with van der Waals surface area (Å²) in [5.41, 5.74) is 5.35. The lowest BCUT2D eigenvalue weighted by Gasteiger charge is -2.28. The van der Waals surface area contributed by atoms with E-state index < -0.39 is 6.10 Å². The van der Waals surface area contributed by atoms with Crippen molar-refractivity contribution in [3.05, 3.63) is 47.8 Å². The predicted molar refractivity (Wildman–Crippen MR) is 104 cm³/mol. The van der Waals surface area contributed by atoms with Crippen LogP contribution in [0.3, 0.4) is 0 Å². The molecule has 2 aromatic carbocycles. The average Bonchev–Trinajstić information content (AvgIpc) is 3.08. The summed E-state index contributed by atoms with van der Waals surface area (Å²) in [6, 6.07) is 10.5. The standard InChI is InChI=1S/C21H23N3O3/c1-13(14-3-4-20-15(7-14)8-16(25)11-27-20)24-12-22-17-9-19-21(10-18(17)24)26-6-5-23(19)2/h3-4,7,9-10,12-13,16,25H,5-6,8,11H2,1-2H3/t13-,16-/m1/s1. The molecule has 140 valence electrons. The predicted octanol–water partition coefficient (Wildman–Crippen LogP) is 2.77. The molecule has 0 unspecified atom stereocenters. The maximum absolute atomic E-state index is 9.89. The largest absolute Gasteiger partial charge is 0.491 e. The molecule has 0 fully saturated rings. The number of rotatable bonds is 2. The zero-order valence-corrected chi connectivity index (χ0v) is 15.6. The number of ether oxygens (including phenoxy) is 2. The Morgan fingerprint density at radius 2 is 2.07 bits per heavy atom. The van der Waals surface area contributed by atoms with Crippen LogP contribution in [0.15, 0.2) is 36.7 Å². The van der Waals surface area contributed by atoms with Gasteiger partial charge in [0.2, 0.25) is 0 Å². The van der Waals surface area contributed by atoms with E-state index in [-0.39, 0.29) is 6.04 Å². The van der Waals surface area contributed by atoms with Crippen molar-refractivity contribution in [2.45, 2.75) is 25.5 Å². The Morgan fingerprint density at radius 1 is 1.19 bits per heavy atom. The van der Waals surface area contributed by atoms with Gasteiger partial charge in [-0.2, -0.15) is 0 Å². The Kier molecular flexibility index (Phi) is 3.75. The average molecular weight is 365 g/mol. The van der Waals surface area contributed by atoms with Gasteiger partial charge in [0.05, 0.1) is 41.7 Å². The van der Waals surface area contributed by atoms with Crippen LogP contribution in [-0.2, 0) is 6.42 Å². The zero-order chi connectivity index (χ0) is 18.5. The van der Waals surface area contributed by atoms with E-state index in [4.69, 9.17) is 9.47 Å². The van der Waals surface area contributed by atoms with E-state index in [1.54, 1.807) is 0 Å². The van der Waals surface area contributed by atoms with E-state index >= 15 is 0 Å². The highest BCUT2D eigenvalue weighted by molar-refractivity contribution is 5.84. The maximum Gasteiger partial charge on any atom is 0.144 e. The third-order valence-corrected chi connectivity index (χ3v) is 5.62. The van der Waals surface area contributed by atoms with E-state index in [1.807, 2.05) is 12.4 Å². The molecule has 1 N–H and O–H groups in total. The molecule has 27 heavy (non-hydrogen) atoms. The minimum atomic E-state index is -0.433. The van der Waals surface area contributed by atoms with Gasteiger partial charge in [0.15, 0.2) is 0 Å². The minimum absolute atomic E-state index is 0.110. The van der Waals surface area contributed by atoms with Crippen LogP contribution in [0.1, 0.15) is 24.1 Å². The summed E-state index contributed by atoms with van der Waals surface area (Å²) in [6.45, 7) is 4.12. The summed E-state index contributed by atoms with van der Waals surface area (Å²) < 4.78 is 13.7. The van der Waals surface area contributed by atoms with Gasteiger partial charge in [-0.1, -0.05) is 6.07 Å². The molecule has 6 nitrogen and oxygen atoms in total. The fraction of sp³-hybridized carbons (Fsp3) is 0.381. The van der Waals surface area contributed by atoms with Crippen LogP contribution in [0.2, 0.25) is 0 Å². The Hall–Kier alpha value is -2.73. The first-order chi connectivity index (χ1) is 13.1. The molecule has 0 radical (unpaired) electrons. The third-order valence-electron chi connectivity index (χ3n) is 5.62. The van der Waals surface area contributed by atoms with Crippen molar-refractivity contribution < 1.29 is 14.6 Å². The SMILES string of the molecule is C[C@H](c1ccc2c(c1)C[C@@H](O)CO2)n1cnc2cc3c(cc21)OCCN3C. The van der Waals surface area contributed by atoms with Gasteiger partial charge in [0.25, 0.3) is 0 Å². The summed E-state index contributed by atoms with van der Waals surface area (Å²) in [7, 11) is 2.08. The molecule has 3 aromatic rings. The first-order valence-electron chi connectivity index (χ1n) is 9.38. The Labute approximate surface area is 157 Å². The normalized spacial score (nSPS) is 19.8. The summed E-state index contributed by atoms with van der Waals surface area (Å²) in [5, 5.41) is 9.89. The number of imidazole rings is 1. The quantitative estimate of drug-likeness (QED) is 0.757. The lowest BCUT2D eigenvalue weighted by Crippen LogP contribution is -2.28. The van der Waals surface area contributed by atoms with Gasteiger partial charge in [-0.25, -0.2) is 4.98 Å². The first kappa shape index (κ1) is 16.4. The molecule has 2 aliphatic heterocycles. The van der Waals surface area contributed by atoms with Crippen molar-refractivity contribution in [3.8, 4) is 11.5 Å². The lowest BCUT2D eigenvalue weighted by molar-refractivity contribution is 0.0920. The highest BCUT2D eigenvalue weighted by Crippen LogP contribution is 2.36. The number of anilines is 1. The number of aromatic nitrogens is 2. The highest BCUT2D eigenvalue weighted by atomic mass is 16.5. The molecule has 2 aliphatic rings. The van der Waals surface area contributed by atoms with Crippen molar-refractivity contribution in [3.63, 3.8) is 0 Å².